The molecule has 220 valence electrons. The van der Waals surface area contributed by atoms with E-state index >= 15 is 0 Å². The lowest BCUT2D eigenvalue weighted by Crippen LogP contribution is -2.55. The second-order valence-corrected chi connectivity index (χ2v) is 13.4. The van der Waals surface area contributed by atoms with E-state index in [2.05, 4.69) is 24.3 Å². The number of nitrogens with one attached hydrogen (secondary N) is 1. The smallest absolute Gasteiger partial charge is 0.317 e. The molecule has 2 N–H and O–H groups in total. The van der Waals surface area contributed by atoms with Gasteiger partial charge in [-0.3, -0.25) is 19.3 Å². The van der Waals surface area contributed by atoms with Gasteiger partial charge in [0.1, 0.15) is 5.56 Å². The Morgan fingerprint density at radius 3 is 2.27 bits per heavy atom. The topological polar surface area (TPSA) is 117 Å². The number of hydrogen-bond acceptors (Lipinski definition) is 6. The number of ether oxygens (including phenoxy) is 1. The Balaban J connectivity index is 1.27. The highest BCUT2D eigenvalue weighted by Crippen LogP contribution is 2.53. The molecule has 4 saturated carbocycles. The van der Waals surface area contributed by atoms with Crippen LogP contribution in [0.4, 0.5) is 0 Å². The Bertz CT molecular complexity index is 1110. The van der Waals surface area contributed by atoms with Crippen molar-refractivity contribution in [3.63, 3.8) is 0 Å². The van der Waals surface area contributed by atoms with E-state index in [9.17, 15) is 14.4 Å². The van der Waals surface area contributed by atoms with Crippen molar-refractivity contribution in [3.05, 3.63) is 17.8 Å². The van der Waals surface area contributed by atoms with Gasteiger partial charge in [0, 0.05) is 38.4 Å². The van der Waals surface area contributed by atoms with Gasteiger partial charge in [0.05, 0.1) is 24.8 Å². The number of hydrogen-bond donors (Lipinski definition) is 2. The lowest BCUT2D eigenvalue weighted by atomic mass is 9.54. The Labute approximate surface area is 237 Å². The van der Waals surface area contributed by atoms with Crippen LogP contribution in [0, 0.1) is 35.0 Å². The van der Waals surface area contributed by atoms with E-state index < -0.39 is 11.4 Å². The molecule has 0 atom stereocenters. The van der Waals surface area contributed by atoms with Crippen molar-refractivity contribution in [1.29, 1.82) is 0 Å². The number of aliphatic carboxylic acids is 1. The predicted octanol–water partition coefficient (Wildman–Crippen LogP) is 3.20. The summed E-state index contributed by atoms with van der Waals surface area (Å²) in [6.07, 6.45) is 11.4. The zero-order valence-corrected chi connectivity index (χ0v) is 24.3. The molecule has 6 rings (SSSR count). The monoisotopic (exact) mass is 555 g/mol. The fourth-order valence-corrected chi connectivity index (χ4v) is 7.43. The molecule has 2 heterocycles. The molecule has 10 nitrogen and oxygen atoms in total. The molecule has 1 saturated heterocycles. The Morgan fingerprint density at radius 1 is 1.07 bits per heavy atom. The van der Waals surface area contributed by atoms with Gasteiger partial charge < -0.3 is 20.1 Å². The zero-order valence-electron chi connectivity index (χ0n) is 24.3. The van der Waals surface area contributed by atoms with Crippen LogP contribution in [0.3, 0.4) is 0 Å². The number of rotatable bonds is 10. The average Bonchev–Trinajstić information content (AvgIpc) is 3.30. The van der Waals surface area contributed by atoms with E-state index in [1.54, 1.807) is 28.1 Å². The first-order chi connectivity index (χ1) is 19.0. The minimum atomic E-state index is -0.858. The zero-order chi connectivity index (χ0) is 28.6. The van der Waals surface area contributed by atoms with Crippen LogP contribution in [0.15, 0.2) is 12.3 Å². The minimum Gasteiger partial charge on any atom is -0.480 e. The first kappa shape index (κ1) is 28.6. The van der Waals surface area contributed by atoms with Crippen molar-refractivity contribution < 1.29 is 24.2 Å². The van der Waals surface area contributed by atoms with Crippen molar-refractivity contribution in [1.82, 2.24) is 24.9 Å². The number of amides is 2. The summed E-state index contributed by atoms with van der Waals surface area (Å²) in [4.78, 5) is 41.5. The normalized spacial score (nSPS) is 28.4. The molecule has 1 aromatic heterocycles. The van der Waals surface area contributed by atoms with Gasteiger partial charge in [-0.15, -0.1) is 0 Å². The molecule has 5 fully saturated rings. The van der Waals surface area contributed by atoms with E-state index in [-0.39, 0.29) is 30.3 Å². The Morgan fingerprint density at radius 2 is 1.70 bits per heavy atom. The van der Waals surface area contributed by atoms with Crippen LogP contribution in [0.25, 0.3) is 6.20 Å². The van der Waals surface area contributed by atoms with Gasteiger partial charge in [-0.25, -0.2) is 4.68 Å². The first-order valence-corrected chi connectivity index (χ1v) is 14.9. The highest BCUT2D eigenvalue weighted by atomic mass is 16.5. The van der Waals surface area contributed by atoms with Gasteiger partial charge in [-0.1, -0.05) is 19.9 Å². The van der Waals surface area contributed by atoms with E-state index in [0.717, 1.165) is 11.8 Å². The quantitative estimate of drug-likeness (QED) is 0.455. The summed E-state index contributed by atoms with van der Waals surface area (Å²) in [5, 5.41) is 16.9. The van der Waals surface area contributed by atoms with Gasteiger partial charge in [-0.05, 0) is 75.5 Å². The van der Waals surface area contributed by atoms with Crippen LogP contribution < -0.4 is 10.1 Å². The van der Waals surface area contributed by atoms with Gasteiger partial charge in [0.25, 0.3) is 5.91 Å². The number of carbonyl (C=O) groups is 3. The van der Waals surface area contributed by atoms with Crippen LogP contribution in [0.5, 0.6) is 5.88 Å². The van der Waals surface area contributed by atoms with Gasteiger partial charge >= 0.3 is 5.97 Å². The molecular formula is C30H45N5O5. The van der Waals surface area contributed by atoms with Crippen molar-refractivity contribution in [2.24, 2.45) is 35.0 Å². The minimum absolute atomic E-state index is 0.0111. The molecule has 5 aliphatic rings. The van der Waals surface area contributed by atoms with E-state index in [4.69, 9.17) is 9.84 Å². The lowest BCUT2D eigenvalue weighted by Gasteiger charge is -2.54. The fraction of sp³-hybridized carbons (Fsp3) is 0.733. The van der Waals surface area contributed by atoms with E-state index in [1.165, 1.54) is 32.1 Å². The summed E-state index contributed by atoms with van der Waals surface area (Å²) in [6, 6.07) is 0.227. The summed E-state index contributed by atoms with van der Waals surface area (Å²) in [7, 11) is 0. The summed E-state index contributed by atoms with van der Waals surface area (Å²) < 4.78 is 7.69. The van der Waals surface area contributed by atoms with Gasteiger partial charge in [0.2, 0.25) is 11.8 Å². The molecule has 0 aromatic carbocycles. The number of carboxylic acids is 1. The molecule has 0 radical (unpaired) electrons. The number of carbonyl (C=O) groups excluding carboxylic acids is 2. The average molecular weight is 556 g/mol. The second-order valence-electron chi connectivity index (χ2n) is 13.4. The second kappa shape index (κ2) is 11.5. The molecule has 2 amide bonds. The highest BCUT2D eigenvalue weighted by Gasteiger charge is 2.48. The summed E-state index contributed by atoms with van der Waals surface area (Å²) in [5.74, 6) is 2.48. The number of piperazine rings is 1. The largest absolute Gasteiger partial charge is 0.480 e. The van der Waals surface area contributed by atoms with Crippen LogP contribution in [0.2, 0.25) is 0 Å². The third-order valence-electron chi connectivity index (χ3n) is 9.27. The molecule has 1 aliphatic heterocycles. The molecule has 10 heteroatoms. The maximum atomic E-state index is 13.6. The van der Waals surface area contributed by atoms with Crippen molar-refractivity contribution in [2.75, 3.05) is 39.3 Å². The highest BCUT2D eigenvalue weighted by molar-refractivity contribution is 5.96. The summed E-state index contributed by atoms with van der Waals surface area (Å²) in [5.41, 5.74) is -0.392. The Hall–Kier alpha value is -2.88. The maximum Gasteiger partial charge on any atom is 0.317 e. The standard InChI is InChI=1S/C30H45N5O5/c1-19(2)18-40-28-24(27(38)32-26-22-12-20-11-21(14-22)15-23(26)13-20)16-31-35(28)6-5-30(3,4)29(39)34-9-7-33(8-10-34)17-25(36)37/h5-6,16,19-23,26H,7-15,17-18H2,1-4H3,(H,32,38)(H,36,37)/b6-5+. The van der Waals surface area contributed by atoms with Crippen molar-refractivity contribution in [3.8, 4) is 5.88 Å². The fourth-order valence-electron chi connectivity index (χ4n) is 7.43. The van der Waals surface area contributed by atoms with Gasteiger partial charge in [-0.2, -0.15) is 5.10 Å². The van der Waals surface area contributed by atoms with Crippen LogP contribution in [-0.4, -0.2) is 87.8 Å². The first-order valence-electron chi connectivity index (χ1n) is 14.9. The van der Waals surface area contributed by atoms with Crippen LogP contribution in [0.1, 0.15) is 70.2 Å². The molecular weight excluding hydrogens is 510 g/mol. The SMILES string of the molecule is CC(C)COc1c(C(=O)NC2C3CC4CC(C3)CC2C4)cnn1/C=C/C(C)(C)C(=O)N1CCN(CC(=O)O)CC1. The predicted molar refractivity (Wildman–Crippen MR) is 151 cm³/mol. The summed E-state index contributed by atoms with van der Waals surface area (Å²) >= 11 is 0. The molecule has 40 heavy (non-hydrogen) atoms. The van der Waals surface area contributed by atoms with Crippen LogP contribution >= 0.6 is 0 Å². The molecule has 0 unspecified atom stereocenters. The molecule has 1 aromatic rings. The number of aromatic nitrogens is 2. The lowest BCUT2D eigenvalue weighted by molar-refractivity contribution is -0.141. The van der Waals surface area contributed by atoms with Crippen molar-refractivity contribution >= 4 is 24.0 Å². The molecule has 4 bridgehead atoms. The maximum absolute atomic E-state index is 13.6. The van der Waals surface area contributed by atoms with Crippen LogP contribution in [-0.2, 0) is 9.59 Å². The molecule has 0 spiro atoms. The van der Waals surface area contributed by atoms with E-state index in [0.29, 0.717) is 56.1 Å². The number of carboxylic acid groups (broad SMARTS) is 1. The third kappa shape index (κ3) is 6.21. The number of nitrogens with zero attached hydrogens (tertiary/aromatic N) is 4. The van der Waals surface area contributed by atoms with Crippen molar-refractivity contribution in [2.45, 2.75) is 65.8 Å². The summed E-state index contributed by atoms with van der Waals surface area (Å²) in [6.45, 7) is 10.3. The third-order valence-corrected chi connectivity index (χ3v) is 9.27. The molecule has 4 aliphatic carbocycles. The Kier molecular flexibility index (Phi) is 8.27. The van der Waals surface area contributed by atoms with E-state index in [1.807, 2.05) is 18.7 Å². The van der Waals surface area contributed by atoms with Gasteiger partial charge in [0.15, 0.2) is 0 Å².